The molecule has 0 radical (unpaired) electrons. The summed E-state index contributed by atoms with van der Waals surface area (Å²) in [5, 5.41) is 0.332. The van der Waals surface area contributed by atoms with Crippen LogP contribution in [0.2, 0.25) is 0 Å². The minimum atomic E-state index is -3.46. The van der Waals surface area contributed by atoms with Crippen LogP contribution in [-0.2, 0) is 10.0 Å². The van der Waals surface area contributed by atoms with Crippen molar-refractivity contribution in [1.29, 1.82) is 0 Å². The number of nitrogens with zero attached hydrogens (tertiary/aromatic N) is 1. The molecular weight excluding hydrogens is 268 g/mol. The summed E-state index contributed by atoms with van der Waals surface area (Å²) in [6.45, 7) is 4.95. The molecule has 4 nitrogen and oxygen atoms in total. The van der Waals surface area contributed by atoms with Gasteiger partial charge in [-0.2, -0.15) is 16.1 Å². The Bertz CT molecular complexity index is 523. The SMILES string of the molecule is Cc1cccc(N)c1S(=O)(=O)N1CCSC(C)C1. The van der Waals surface area contributed by atoms with Crippen LogP contribution >= 0.6 is 11.8 Å². The highest BCUT2D eigenvalue weighted by Crippen LogP contribution is 2.29. The van der Waals surface area contributed by atoms with Crippen LogP contribution in [0.15, 0.2) is 23.1 Å². The van der Waals surface area contributed by atoms with Gasteiger partial charge in [-0.1, -0.05) is 19.1 Å². The molecule has 0 aromatic heterocycles. The first kappa shape index (κ1) is 13.7. The van der Waals surface area contributed by atoms with Crippen molar-refractivity contribution in [3.8, 4) is 0 Å². The van der Waals surface area contributed by atoms with Gasteiger partial charge < -0.3 is 5.73 Å². The molecule has 1 saturated heterocycles. The van der Waals surface area contributed by atoms with Gasteiger partial charge in [0.1, 0.15) is 4.90 Å². The van der Waals surface area contributed by atoms with E-state index in [9.17, 15) is 8.42 Å². The molecular formula is C12H18N2O2S2. The van der Waals surface area contributed by atoms with Crippen LogP contribution in [-0.4, -0.2) is 36.8 Å². The fourth-order valence-electron chi connectivity index (χ4n) is 2.16. The molecule has 0 saturated carbocycles. The number of nitrogens with two attached hydrogens (primary N) is 1. The largest absolute Gasteiger partial charge is 0.398 e. The van der Waals surface area contributed by atoms with Gasteiger partial charge >= 0.3 is 0 Å². The third-order valence-electron chi connectivity index (χ3n) is 3.04. The molecule has 1 unspecified atom stereocenters. The second kappa shape index (κ2) is 5.11. The van der Waals surface area contributed by atoms with Crippen molar-refractivity contribution < 1.29 is 8.42 Å². The molecule has 1 aliphatic rings. The summed E-state index contributed by atoms with van der Waals surface area (Å²) >= 11 is 1.80. The van der Waals surface area contributed by atoms with Crippen molar-refractivity contribution in [3.63, 3.8) is 0 Å². The molecule has 0 aliphatic carbocycles. The number of aryl methyl sites for hydroxylation is 1. The first-order chi connectivity index (χ1) is 8.43. The van der Waals surface area contributed by atoms with E-state index < -0.39 is 10.0 Å². The van der Waals surface area contributed by atoms with E-state index >= 15 is 0 Å². The lowest BCUT2D eigenvalue weighted by Gasteiger charge is -2.30. The van der Waals surface area contributed by atoms with E-state index in [4.69, 9.17) is 5.73 Å². The summed E-state index contributed by atoms with van der Waals surface area (Å²) in [5.74, 6) is 0.839. The van der Waals surface area contributed by atoms with Gasteiger partial charge in [-0.15, -0.1) is 0 Å². The molecule has 0 spiro atoms. The lowest BCUT2D eigenvalue weighted by Crippen LogP contribution is -2.41. The first-order valence-corrected chi connectivity index (χ1v) is 8.38. The summed E-state index contributed by atoms with van der Waals surface area (Å²) in [5.41, 5.74) is 6.88. The van der Waals surface area contributed by atoms with Crippen molar-refractivity contribution in [1.82, 2.24) is 4.31 Å². The zero-order valence-electron chi connectivity index (χ0n) is 10.6. The third-order valence-corrected chi connectivity index (χ3v) is 6.27. The number of rotatable bonds is 2. The topological polar surface area (TPSA) is 63.4 Å². The van der Waals surface area contributed by atoms with Crippen LogP contribution in [0, 0.1) is 6.92 Å². The second-order valence-electron chi connectivity index (χ2n) is 4.54. The maximum Gasteiger partial charge on any atom is 0.245 e. The normalized spacial score (nSPS) is 22.0. The Hall–Kier alpha value is -0.720. The highest BCUT2D eigenvalue weighted by Gasteiger charge is 2.31. The summed E-state index contributed by atoms with van der Waals surface area (Å²) in [6, 6.07) is 5.20. The van der Waals surface area contributed by atoms with E-state index in [0.717, 1.165) is 5.75 Å². The van der Waals surface area contributed by atoms with Crippen LogP contribution in [0.1, 0.15) is 12.5 Å². The van der Waals surface area contributed by atoms with Crippen LogP contribution in [0.4, 0.5) is 5.69 Å². The fraction of sp³-hybridized carbons (Fsp3) is 0.500. The first-order valence-electron chi connectivity index (χ1n) is 5.90. The van der Waals surface area contributed by atoms with Gasteiger partial charge in [0.25, 0.3) is 0 Å². The molecule has 0 bridgehead atoms. The zero-order valence-corrected chi connectivity index (χ0v) is 12.2. The Morgan fingerprint density at radius 1 is 1.44 bits per heavy atom. The molecule has 2 N–H and O–H groups in total. The lowest BCUT2D eigenvalue weighted by molar-refractivity contribution is 0.424. The Balaban J connectivity index is 2.42. The summed E-state index contributed by atoms with van der Waals surface area (Å²) < 4.78 is 26.8. The average Bonchev–Trinajstić information content (AvgIpc) is 2.28. The summed E-state index contributed by atoms with van der Waals surface area (Å²) in [7, 11) is -3.46. The number of hydrogen-bond donors (Lipinski definition) is 1. The zero-order chi connectivity index (χ0) is 13.3. The number of hydrogen-bond acceptors (Lipinski definition) is 4. The summed E-state index contributed by atoms with van der Waals surface area (Å²) in [6.07, 6.45) is 0. The van der Waals surface area contributed by atoms with Gasteiger partial charge in [-0.25, -0.2) is 8.42 Å². The minimum absolute atomic E-state index is 0.268. The van der Waals surface area contributed by atoms with E-state index in [2.05, 4.69) is 0 Å². The lowest BCUT2D eigenvalue weighted by atomic mass is 10.2. The molecule has 1 aromatic carbocycles. The molecule has 6 heteroatoms. The monoisotopic (exact) mass is 286 g/mol. The molecule has 1 fully saturated rings. The van der Waals surface area contributed by atoms with E-state index in [1.165, 1.54) is 0 Å². The highest BCUT2D eigenvalue weighted by molar-refractivity contribution is 8.00. The molecule has 0 amide bonds. The Morgan fingerprint density at radius 2 is 2.17 bits per heavy atom. The predicted molar refractivity (Wildman–Crippen MR) is 76.3 cm³/mol. The Kier molecular flexibility index (Phi) is 3.89. The van der Waals surface area contributed by atoms with Crippen LogP contribution in [0.25, 0.3) is 0 Å². The van der Waals surface area contributed by atoms with E-state index in [-0.39, 0.29) is 4.90 Å². The van der Waals surface area contributed by atoms with Crippen LogP contribution in [0.5, 0.6) is 0 Å². The molecule has 1 heterocycles. The van der Waals surface area contributed by atoms with Gasteiger partial charge in [0.2, 0.25) is 10.0 Å². The molecule has 18 heavy (non-hydrogen) atoms. The van der Waals surface area contributed by atoms with Crippen molar-refractivity contribution in [3.05, 3.63) is 23.8 Å². The van der Waals surface area contributed by atoms with Crippen LogP contribution < -0.4 is 5.73 Å². The fourth-order valence-corrected chi connectivity index (χ4v) is 5.24. The van der Waals surface area contributed by atoms with Crippen molar-refractivity contribution in [2.75, 3.05) is 24.6 Å². The van der Waals surface area contributed by atoms with Crippen molar-refractivity contribution in [2.45, 2.75) is 24.0 Å². The third kappa shape index (κ3) is 2.50. The number of anilines is 1. The van der Waals surface area contributed by atoms with Crippen LogP contribution in [0.3, 0.4) is 0 Å². The van der Waals surface area contributed by atoms with Gasteiger partial charge in [-0.3, -0.25) is 0 Å². The van der Waals surface area contributed by atoms with E-state index in [1.54, 1.807) is 41.2 Å². The number of sulfonamides is 1. The second-order valence-corrected chi connectivity index (χ2v) is 7.96. The highest BCUT2D eigenvalue weighted by atomic mass is 32.2. The Labute approximate surface area is 113 Å². The standard InChI is InChI=1S/C12H18N2O2S2/c1-9-4-3-5-11(13)12(9)18(15,16)14-6-7-17-10(2)8-14/h3-5,10H,6-8,13H2,1-2H3. The maximum atomic E-state index is 12.6. The average molecular weight is 286 g/mol. The number of nitrogen functional groups attached to an aromatic ring is 1. The molecule has 100 valence electrons. The minimum Gasteiger partial charge on any atom is -0.398 e. The molecule has 2 rings (SSSR count). The van der Waals surface area contributed by atoms with Crippen molar-refractivity contribution >= 4 is 27.5 Å². The predicted octanol–water partition coefficient (Wildman–Crippen LogP) is 1.70. The number of benzene rings is 1. The molecule has 1 aliphatic heterocycles. The maximum absolute atomic E-state index is 12.6. The number of thioether (sulfide) groups is 1. The quantitative estimate of drug-likeness (QED) is 0.841. The summed E-state index contributed by atoms with van der Waals surface area (Å²) in [4.78, 5) is 0.268. The van der Waals surface area contributed by atoms with E-state index in [0.29, 0.717) is 29.6 Å². The van der Waals surface area contributed by atoms with Crippen molar-refractivity contribution in [2.24, 2.45) is 0 Å². The van der Waals surface area contributed by atoms with Gasteiger partial charge in [-0.05, 0) is 18.6 Å². The van der Waals surface area contributed by atoms with Gasteiger partial charge in [0.05, 0.1) is 5.69 Å². The Morgan fingerprint density at radius 3 is 2.78 bits per heavy atom. The van der Waals surface area contributed by atoms with Gasteiger partial charge in [0, 0.05) is 24.1 Å². The van der Waals surface area contributed by atoms with E-state index in [1.807, 2.05) is 6.92 Å². The van der Waals surface area contributed by atoms with Gasteiger partial charge in [0.15, 0.2) is 0 Å². The molecule has 1 aromatic rings. The smallest absolute Gasteiger partial charge is 0.245 e. The molecule has 1 atom stereocenters.